The third kappa shape index (κ3) is 1.96. The lowest BCUT2D eigenvalue weighted by molar-refractivity contribution is -0.136. The van der Waals surface area contributed by atoms with Gasteiger partial charge in [-0.05, 0) is 12.5 Å². The fourth-order valence-electron chi connectivity index (χ4n) is 1.49. The predicted octanol–water partition coefficient (Wildman–Crippen LogP) is 1.14. The van der Waals surface area contributed by atoms with Crippen molar-refractivity contribution < 1.29 is 24.5 Å². The first-order chi connectivity index (χ1) is 7.16. The summed E-state index contributed by atoms with van der Waals surface area (Å²) in [6.45, 7) is 0.110. The van der Waals surface area contributed by atoms with Crippen LogP contribution >= 0.6 is 0 Å². The lowest BCUT2D eigenvalue weighted by Gasteiger charge is -2.05. The lowest BCUT2D eigenvalue weighted by Crippen LogP contribution is -1.99. The second-order valence-electron chi connectivity index (χ2n) is 3.23. The number of benzene rings is 1. The monoisotopic (exact) mass is 210 g/mol. The second-order valence-corrected chi connectivity index (χ2v) is 3.23. The molecule has 5 nitrogen and oxygen atoms in total. The van der Waals surface area contributed by atoms with Gasteiger partial charge in [0.15, 0.2) is 11.5 Å². The van der Waals surface area contributed by atoms with Gasteiger partial charge in [0, 0.05) is 18.1 Å². The number of carbonyl (C=O) groups is 1. The predicted molar refractivity (Wildman–Crippen MR) is 50.2 cm³/mol. The molecule has 0 saturated carbocycles. The molecule has 2 rings (SSSR count). The number of hydrogen-bond acceptors (Lipinski definition) is 4. The number of carboxylic acids is 1. The van der Waals surface area contributed by atoms with Crippen LogP contribution in [0.5, 0.6) is 17.2 Å². The van der Waals surface area contributed by atoms with Gasteiger partial charge in [0.1, 0.15) is 5.75 Å². The Hall–Kier alpha value is -1.91. The van der Waals surface area contributed by atoms with E-state index in [-0.39, 0.29) is 19.0 Å². The molecular formula is C10H10O5. The van der Waals surface area contributed by atoms with E-state index in [9.17, 15) is 9.90 Å². The zero-order chi connectivity index (χ0) is 10.8. The summed E-state index contributed by atoms with van der Waals surface area (Å²) in [6.07, 6.45) is 0.314. The topological polar surface area (TPSA) is 76.0 Å². The van der Waals surface area contributed by atoms with Gasteiger partial charge in [-0.1, -0.05) is 0 Å². The molecule has 2 N–H and O–H groups in total. The molecule has 0 radical (unpaired) electrons. The van der Waals surface area contributed by atoms with Crippen molar-refractivity contribution in [2.45, 2.75) is 12.8 Å². The summed E-state index contributed by atoms with van der Waals surface area (Å²) >= 11 is 0. The van der Waals surface area contributed by atoms with Gasteiger partial charge < -0.3 is 19.7 Å². The minimum atomic E-state index is -0.883. The highest BCUT2D eigenvalue weighted by atomic mass is 16.7. The molecule has 0 aliphatic carbocycles. The van der Waals surface area contributed by atoms with Crippen molar-refractivity contribution in [1.29, 1.82) is 0 Å². The Morgan fingerprint density at radius 2 is 2.20 bits per heavy atom. The third-order valence-corrected chi connectivity index (χ3v) is 2.14. The standard InChI is InChI=1S/C10H10O5/c11-7-3-6(1-2-9(12)13)10-8(4-7)14-5-15-10/h3-4,11H,1-2,5H2,(H,12,13). The normalized spacial score (nSPS) is 12.8. The van der Waals surface area contributed by atoms with Crippen molar-refractivity contribution in [3.8, 4) is 17.2 Å². The van der Waals surface area contributed by atoms with Gasteiger partial charge in [-0.25, -0.2) is 0 Å². The van der Waals surface area contributed by atoms with E-state index in [0.717, 1.165) is 0 Å². The Labute approximate surface area is 85.9 Å². The zero-order valence-corrected chi connectivity index (χ0v) is 7.90. The molecule has 0 amide bonds. The van der Waals surface area contributed by atoms with Crippen molar-refractivity contribution in [1.82, 2.24) is 0 Å². The summed E-state index contributed by atoms with van der Waals surface area (Å²) in [5.74, 6) is 0.176. The quantitative estimate of drug-likeness (QED) is 0.782. The highest BCUT2D eigenvalue weighted by Gasteiger charge is 2.19. The first-order valence-corrected chi connectivity index (χ1v) is 4.50. The molecule has 0 fully saturated rings. The molecule has 0 aromatic heterocycles. The van der Waals surface area contributed by atoms with E-state index >= 15 is 0 Å². The second kappa shape index (κ2) is 3.68. The Morgan fingerprint density at radius 3 is 2.93 bits per heavy atom. The van der Waals surface area contributed by atoms with Crippen LogP contribution in [0.1, 0.15) is 12.0 Å². The molecule has 1 heterocycles. The molecule has 1 aromatic rings. The maximum absolute atomic E-state index is 10.4. The number of phenols is 1. The van der Waals surface area contributed by atoms with Crippen molar-refractivity contribution in [3.05, 3.63) is 17.7 Å². The molecule has 1 aliphatic heterocycles. The Bertz CT molecular complexity index is 399. The highest BCUT2D eigenvalue weighted by Crippen LogP contribution is 2.39. The van der Waals surface area contributed by atoms with Crippen molar-refractivity contribution in [2.24, 2.45) is 0 Å². The largest absolute Gasteiger partial charge is 0.508 e. The van der Waals surface area contributed by atoms with Crippen molar-refractivity contribution >= 4 is 5.97 Å². The Balaban J connectivity index is 2.26. The van der Waals surface area contributed by atoms with Crippen molar-refractivity contribution in [3.63, 3.8) is 0 Å². The number of hydrogen-bond donors (Lipinski definition) is 2. The minimum Gasteiger partial charge on any atom is -0.508 e. The molecular weight excluding hydrogens is 200 g/mol. The van der Waals surface area contributed by atoms with E-state index in [1.807, 2.05) is 0 Å². The van der Waals surface area contributed by atoms with E-state index in [1.165, 1.54) is 12.1 Å². The van der Waals surface area contributed by atoms with Gasteiger partial charge in [0.2, 0.25) is 6.79 Å². The summed E-state index contributed by atoms with van der Waals surface area (Å²) in [4.78, 5) is 10.4. The number of aromatic hydroxyl groups is 1. The molecule has 0 spiro atoms. The van der Waals surface area contributed by atoms with Gasteiger partial charge in [0.25, 0.3) is 0 Å². The smallest absolute Gasteiger partial charge is 0.303 e. The molecule has 5 heteroatoms. The fourth-order valence-corrected chi connectivity index (χ4v) is 1.49. The number of aryl methyl sites for hydroxylation is 1. The summed E-state index contributed by atoms with van der Waals surface area (Å²) in [5.41, 5.74) is 0.657. The first-order valence-electron chi connectivity index (χ1n) is 4.50. The van der Waals surface area contributed by atoms with Gasteiger partial charge in [-0.2, -0.15) is 0 Å². The van der Waals surface area contributed by atoms with Crippen LogP contribution in [0.25, 0.3) is 0 Å². The maximum atomic E-state index is 10.4. The van der Waals surface area contributed by atoms with Crippen LogP contribution in [-0.4, -0.2) is 23.0 Å². The number of phenolic OH excluding ortho intramolecular Hbond substituents is 1. The van der Waals surface area contributed by atoms with E-state index in [2.05, 4.69) is 0 Å². The molecule has 15 heavy (non-hydrogen) atoms. The van der Waals surface area contributed by atoms with Crippen LogP contribution in [0.4, 0.5) is 0 Å². The summed E-state index contributed by atoms with van der Waals surface area (Å²) in [5, 5.41) is 17.9. The van der Waals surface area contributed by atoms with E-state index in [0.29, 0.717) is 23.5 Å². The number of ether oxygens (including phenoxy) is 2. The van der Waals surface area contributed by atoms with Crippen LogP contribution in [0.3, 0.4) is 0 Å². The maximum Gasteiger partial charge on any atom is 0.303 e. The number of carboxylic acid groups (broad SMARTS) is 1. The number of rotatable bonds is 3. The van der Waals surface area contributed by atoms with Crippen molar-refractivity contribution in [2.75, 3.05) is 6.79 Å². The third-order valence-electron chi connectivity index (χ3n) is 2.14. The molecule has 1 aromatic carbocycles. The molecule has 0 bridgehead atoms. The number of aliphatic carboxylic acids is 1. The van der Waals surface area contributed by atoms with Crippen LogP contribution in [0.15, 0.2) is 12.1 Å². The van der Waals surface area contributed by atoms with E-state index in [1.54, 1.807) is 0 Å². The molecule has 80 valence electrons. The van der Waals surface area contributed by atoms with Gasteiger partial charge >= 0.3 is 5.97 Å². The molecule has 1 aliphatic rings. The van der Waals surface area contributed by atoms with E-state index < -0.39 is 5.97 Å². The zero-order valence-electron chi connectivity index (χ0n) is 7.90. The van der Waals surface area contributed by atoms with Crippen LogP contribution in [-0.2, 0) is 11.2 Å². The van der Waals surface area contributed by atoms with Crippen LogP contribution in [0, 0.1) is 0 Å². The molecule has 0 atom stereocenters. The van der Waals surface area contributed by atoms with Gasteiger partial charge in [-0.15, -0.1) is 0 Å². The Morgan fingerprint density at radius 1 is 1.40 bits per heavy atom. The average Bonchev–Trinajstić information content (AvgIpc) is 2.61. The summed E-state index contributed by atoms with van der Waals surface area (Å²) < 4.78 is 10.3. The highest BCUT2D eigenvalue weighted by molar-refractivity contribution is 5.67. The fraction of sp³-hybridized carbons (Fsp3) is 0.300. The van der Waals surface area contributed by atoms with E-state index in [4.69, 9.17) is 14.6 Å². The Kier molecular flexibility index (Phi) is 2.37. The van der Waals surface area contributed by atoms with Gasteiger partial charge in [-0.3, -0.25) is 4.79 Å². The lowest BCUT2D eigenvalue weighted by atomic mass is 10.1. The average molecular weight is 210 g/mol. The summed E-state index contributed by atoms with van der Waals surface area (Å²) in [6, 6.07) is 2.95. The molecule has 0 unspecified atom stereocenters. The first kappa shape index (κ1) is 9.64. The van der Waals surface area contributed by atoms with Crippen LogP contribution < -0.4 is 9.47 Å². The molecule has 0 saturated heterocycles. The minimum absolute atomic E-state index is 0.000741. The SMILES string of the molecule is O=C(O)CCc1cc(O)cc2c1OCO2. The summed E-state index contributed by atoms with van der Waals surface area (Å²) in [7, 11) is 0. The van der Waals surface area contributed by atoms with Gasteiger partial charge in [0.05, 0.1) is 0 Å². The number of fused-ring (bicyclic) bond motifs is 1. The van der Waals surface area contributed by atoms with Crippen LogP contribution in [0.2, 0.25) is 0 Å².